The van der Waals surface area contributed by atoms with E-state index < -0.39 is 5.54 Å². The largest absolute Gasteiger partial charge is 0.468 e. The second-order valence-electron chi connectivity index (χ2n) is 2.67. The van der Waals surface area contributed by atoms with Gasteiger partial charge in [-0.25, -0.2) is 0 Å². The third kappa shape index (κ3) is 3.06. The van der Waals surface area contributed by atoms with Crippen molar-refractivity contribution < 1.29 is 9.53 Å². The molecular formula is C8H13NO2. The molecule has 0 aliphatic heterocycles. The van der Waals surface area contributed by atoms with Gasteiger partial charge < -0.3 is 4.74 Å². The fraction of sp³-hybridized carbons (Fsp3) is 0.625. The number of terminal acetylenes is 1. The number of esters is 1. The van der Waals surface area contributed by atoms with Gasteiger partial charge >= 0.3 is 5.97 Å². The van der Waals surface area contributed by atoms with Crippen LogP contribution in [-0.2, 0) is 9.53 Å². The molecule has 0 bridgehead atoms. The highest BCUT2D eigenvalue weighted by molar-refractivity contribution is 5.79. The predicted octanol–water partition coefficient (Wildman–Crippen LogP) is 0.161. The van der Waals surface area contributed by atoms with Gasteiger partial charge in [-0.15, -0.1) is 6.42 Å². The van der Waals surface area contributed by atoms with Crippen molar-refractivity contribution in [2.75, 3.05) is 13.7 Å². The highest BCUT2D eigenvalue weighted by Gasteiger charge is 2.26. The van der Waals surface area contributed by atoms with Crippen LogP contribution in [0.25, 0.3) is 0 Å². The summed E-state index contributed by atoms with van der Waals surface area (Å²) < 4.78 is 4.54. The average molecular weight is 155 g/mol. The lowest BCUT2D eigenvalue weighted by Crippen LogP contribution is -2.47. The fourth-order valence-corrected chi connectivity index (χ4v) is 0.599. The zero-order valence-electron chi connectivity index (χ0n) is 7.10. The molecule has 1 N–H and O–H groups in total. The Bertz CT molecular complexity index is 179. The van der Waals surface area contributed by atoms with E-state index >= 15 is 0 Å². The quantitative estimate of drug-likeness (QED) is 0.466. The van der Waals surface area contributed by atoms with E-state index in [0.29, 0.717) is 6.54 Å². The number of carbonyl (C=O) groups is 1. The number of ether oxygens (including phenoxy) is 1. The van der Waals surface area contributed by atoms with Gasteiger partial charge in [0, 0.05) is 0 Å². The Labute approximate surface area is 67.1 Å². The van der Waals surface area contributed by atoms with Gasteiger partial charge in [0.2, 0.25) is 0 Å². The molecule has 0 spiro atoms. The fourth-order valence-electron chi connectivity index (χ4n) is 0.599. The first-order valence-electron chi connectivity index (χ1n) is 3.31. The van der Waals surface area contributed by atoms with E-state index in [2.05, 4.69) is 16.0 Å². The van der Waals surface area contributed by atoms with Gasteiger partial charge in [-0.05, 0) is 13.8 Å². The Morgan fingerprint density at radius 1 is 1.73 bits per heavy atom. The van der Waals surface area contributed by atoms with Crippen molar-refractivity contribution in [1.29, 1.82) is 0 Å². The summed E-state index contributed by atoms with van der Waals surface area (Å²) in [6, 6.07) is 0. The maximum atomic E-state index is 11.0. The van der Waals surface area contributed by atoms with Gasteiger partial charge in [-0.2, -0.15) is 0 Å². The summed E-state index contributed by atoms with van der Waals surface area (Å²) >= 11 is 0. The van der Waals surface area contributed by atoms with E-state index in [-0.39, 0.29) is 5.97 Å². The molecular weight excluding hydrogens is 142 g/mol. The molecule has 0 heterocycles. The minimum absolute atomic E-state index is 0.312. The Morgan fingerprint density at radius 3 is 2.64 bits per heavy atom. The average Bonchev–Trinajstić information content (AvgIpc) is 1.99. The van der Waals surface area contributed by atoms with Crippen LogP contribution in [0.5, 0.6) is 0 Å². The topological polar surface area (TPSA) is 38.3 Å². The van der Waals surface area contributed by atoms with Crippen molar-refractivity contribution in [2.45, 2.75) is 19.4 Å². The van der Waals surface area contributed by atoms with Gasteiger partial charge in [0.05, 0.1) is 13.7 Å². The van der Waals surface area contributed by atoms with E-state index in [1.54, 1.807) is 13.8 Å². The molecule has 0 unspecified atom stereocenters. The number of nitrogens with one attached hydrogen (secondary N) is 1. The second-order valence-corrected chi connectivity index (χ2v) is 2.67. The number of rotatable bonds is 3. The number of methoxy groups -OCH3 is 1. The van der Waals surface area contributed by atoms with Crippen LogP contribution in [-0.4, -0.2) is 25.2 Å². The van der Waals surface area contributed by atoms with Crippen LogP contribution in [0.4, 0.5) is 0 Å². The van der Waals surface area contributed by atoms with E-state index in [0.717, 1.165) is 0 Å². The third-order valence-corrected chi connectivity index (χ3v) is 1.33. The molecule has 62 valence electrons. The van der Waals surface area contributed by atoms with Crippen LogP contribution in [0.1, 0.15) is 13.8 Å². The van der Waals surface area contributed by atoms with Gasteiger partial charge in [-0.3, -0.25) is 10.1 Å². The smallest absolute Gasteiger partial charge is 0.325 e. The van der Waals surface area contributed by atoms with Gasteiger partial charge in [0.15, 0.2) is 0 Å². The number of carbonyl (C=O) groups excluding carboxylic acids is 1. The number of hydrogen-bond acceptors (Lipinski definition) is 3. The summed E-state index contributed by atoms with van der Waals surface area (Å²) in [7, 11) is 1.35. The second kappa shape index (κ2) is 3.99. The standard InChI is InChI=1S/C8H13NO2/c1-5-6-9-8(2,3)7(10)11-4/h1,9H,6H2,2-4H3. The predicted molar refractivity (Wildman–Crippen MR) is 42.9 cm³/mol. The molecule has 11 heavy (non-hydrogen) atoms. The summed E-state index contributed by atoms with van der Waals surface area (Å²) in [6.07, 6.45) is 5.01. The van der Waals surface area contributed by atoms with Crippen molar-refractivity contribution in [3.8, 4) is 12.3 Å². The first-order chi connectivity index (χ1) is 5.04. The molecule has 0 aliphatic carbocycles. The highest BCUT2D eigenvalue weighted by Crippen LogP contribution is 2.02. The SMILES string of the molecule is C#CCNC(C)(C)C(=O)OC. The van der Waals surface area contributed by atoms with Gasteiger partial charge in [0.25, 0.3) is 0 Å². The molecule has 0 saturated carbocycles. The van der Waals surface area contributed by atoms with Gasteiger partial charge in [-0.1, -0.05) is 5.92 Å². The Kier molecular flexibility index (Phi) is 3.63. The van der Waals surface area contributed by atoms with Crippen LogP contribution in [0.2, 0.25) is 0 Å². The van der Waals surface area contributed by atoms with Crippen molar-refractivity contribution in [3.63, 3.8) is 0 Å². The Balaban J connectivity index is 4.01. The van der Waals surface area contributed by atoms with Crippen LogP contribution >= 0.6 is 0 Å². The maximum absolute atomic E-state index is 11.0. The molecule has 0 aromatic heterocycles. The summed E-state index contributed by atoms with van der Waals surface area (Å²) in [6.45, 7) is 3.80. The van der Waals surface area contributed by atoms with E-state index in [1.165, 1.54) is 7.11 Å². The van der Waals surface area contributed by atoms with Crippen LogP contribution in [0.15, 0.2) is 0 Å². The molecule has 0 saturated heterocycles. The zero-order valence-corrected chi connectivity index (χ0v) is 7.10. The van der Waals surface area contributed by atoms with Crippen molar-refractivity contribution in [1.82, 2.24) is 5.32 Å². The van der Waals surface area contributed by atoms with E-state index in [9.17, 15) is 4.79 Å². The van der Waals surface area contributed by atoms with E-state index in [4.69, 9.17) is 6.42 Å². The third-order valence-electron chi connectivity index (χ3n) is 1.33. The van der Waals surface area contributed by atoms with Crippen LogP contribution in [0.3, 0.4) is 0 Å². The molecule has 0 atom stereocenters. The Morgan fingerprint density at radius 2 is 2.27 bits per heavy atom. The molecule has 3 heteroatoms. The van der Waals surface area contributed by atoms with E-state index in [1.807, 2.05) is 0 Å². The molecule has 0 aromatic carbocycles. The normalized spacial score (nSPS) is 10.4. The van der Waals surface area contributed by atoms with Crippen molar-refractivity contribution >= 4 is 5.97 Å². The minimum atomic E-state index is -0.693. The summed E-state index contributed by atoms with van der Waals surface area (Å²) in [5, 5.41) is 2.85. The first kappa shape index (κ1) is 9.99. The molecule has 0 amide bonds. The lowest BCUT2D eigenvalue weighted by Gasteiger charge is -2.21. The molecule has 0 rings (SSSR count). The lowest BCUT2D eigenvalue weighted by molar-refractivity contribution is -0.147. The minimum Gasteiger partial charge on any atom is -0.468 e. The first-order valence-corrected chi connectivity index (χ1v) is 3.31. The summed E-state index contributed by atoms with van der Waals surface area (Å²) in [5.74, 6) is 2.07. The maximum Gasteiger partial charge on any atom is 0.325 e. The highest BCUT2D eigenvalue weighted by atomic mass is 16.5. The molecule has 0 fully saturated rings. The van der Waals surface area contributed by atoms with Crippen molar-refractivity contribution in [3.05, 3.63) is 0 Å². The van der Waals surface area contributed by atoms with Crippen molar-refractivity contribution in [2.24, 2.45) is 0 Å². The molecule has 0 aliphatic rings. The van der Waals surface area contributed by atoms with Crippen LogP contribution in [0, 0.1) is 12.3 Å². The Hall–Kier alpha value is -1.01. The monoisotopic (exact) mass is 155 g/mol. The summed E-state index contributed by atoms with van der Waals surface area (Å²) in [4.78, 5) is 11.0. The molecule has 3 nitrogen and oxygen atoms in total. The number of hydrogen-bond donors (Lipinski definition) is 1. The lowest BCUT2D eigenvalue weighted by atomic mass is 10.1. The summed E-state index contributed by atoms with van der Waals surface area (Å²) in [5.41, 5.74) is -0.693. The van der Waals surface area contributed by atoms with Gasteiger partial charge in [0.1, 0.15) is 5.54 Å². The zero-order chi connectivity index (χ0) is 8.91. The molecule has 0 aromatic rings. The molecule has 0 radical (unpaired) electrons. The van der Waals surface area contributed by atoms with Crippen LogP contribution < -0.4 is 5.32 Å².